The summed E-state index contributed by atoms with van der Waals surface area (Å²) in [5, 5.41) is 4.37. The van der Waals surface area contributed by atoms with Crippen molar-refractivity contribution in [1.29, 1.82) is 0 Å². The number of nitrogens with one attached hydrogen (secondary N) is 1. The second-order valence-corrected chi connectivity index (χ2v) is 6.14. The minimum Gasteiger partial charge on any atom is -0.454 e. The summed E-state index contributed by atoms with van der Waals surface area (Å²) in [6.07, 6.45) is 2.21. The zero-order chi connectivity index (χ0) is 13.3. The van der Waals surface area contributed by atoms with Gasteiger partial charge < -0.3 is 14.8 Å². The smallest absolute Gasteiger partial charge is 0.231 e. The average Bonchev–Trinajstić information content (AvgIpc) is 2.86. The molecule has 1 atom stereocenters. The Morgan fingerprint density at radius 2 is 2.21 bits per heavy atom. The van der Waals surface area contributed by atoms with Crippen LogP contribution in [-0.4, -0.2) is 23.3 Å². The number of hydrogen-bond acceptors (Lipinski definition) is 5. The number of amidine groups is 1. The van der Waals surface area contributed by atoms with Crippen molar-refractivity contribution in [3.8, 4) is 11.5 Å². The molecule has 0 saturated carbocycles. The molecule has 0 spiro atoms. The first-order chi connectivity index (χ1) is 9.18. The first-order valence-corrected chi connectivity index (χ1v) is 7.56. The third-order valence-corrected chi connectivity index (χ3v) is 4.51. The van der Waals surface area contributed by atoms with Gasteiger partial charge in [-0.2, -0.15) is 0 Å². The van der Waals surface area contributed by atoms with Crippen LogP contribution in [0.4, 0.5) is 5.69 Å². The average molecular weight is 278 g/mol. The van der Waals surface area contributed by atoms with E-state index in [1.165, 1.54) is 0 Å². The molecule has 1 unspecified atom stereocenters. The zero-order valence-corrected chi connectivity index (χ0v) is 12.0. The molecule has 4 nitrogen and oxygen atoms in total. The standard InChI is InChI=1S/C14H18N2O2S/c1-3-14(2)6-7-19-13(16-14)15-10-4-5-11-12(8-10)18-9-17-11/h4-5,8H,3,6-7,9H2,1-2H3,(H,15,16). The molecular weight excluding hydrogens is 260 g/mol. The van der Waals surface area contributed by atoms with E-state index in [-0.39, 0.29) is 5.54 Å². The molecule has 0 saturated heterocycles. The summed E-state index contributed by atoms with van der Waals surface area (Å²) in [5.74, 6) is 2.72. The van der Waals surface area contributed by atoms with Crippen molar-refractivity contribution in [3.05, 3.63) is 18.2 Å². The Balaban J connectivity index is 1.78. The maximum absolute atomic E-state index is 5.38. The fourth-order valence-electron chi connectivity index (χ4n) is 2.12. The molecule has 1 aromatic rings. The SMILES string of the molecule is CCC1(C)CCSC(Nc2ccc3c(c2)OCO3)=N1. The summed E-state index contributed by atoms with van der Waals surface area (Å²) in [6.45, 7) is 4.72. The molecule has 102 valence electrons. The Morgan fingerprint density at radius 1 is 1.37 bits per heavy atom. The van der Waals surface area contributed by atoms with E-state index >= 15 is 0 Å². The number of anilines is 1. The summed E-state index contributed by atoms with van der Waals surface area (Å²) in [6, 6.07) is 5.88. The van der Waals surface area contributed by atoms with E-state index in [4.69, 9.17) is 14.5 Å². The van der Waals surface area contributed by atoms with Crippen molar-refractivity contribution < 1.29 is 9.47 Å². The minimum atomic E-state index is 0.0733. The molecule has 2 heterocycles. The van der Waals surface area contributed by atoms with Crippen LogP contribution >= 0.6 is 11.8 Å². The predicted molar refractivity (Wildman–Crippen MR) is 79.4 cm³/mol. The van der Waals surface area contributed by atoms with Gasteiger partial charge in [0.2, 0.25) is 6.79 Å². The lowest BCUT2D eigenvalue weighted by Crippen LogP contribution is -2.29. The first kappa shape index (κ1) is 12.7. The van der Waals surface area contributed by atoms with Crippen molar-refractivity contribution in [2.75, 3.05) is 17.9 Å². The molecule has 3 rings (SSSR count). The summed E-state index contributed by atoms with van der Waals surface area (Å²) < 4.78 is 10.7. The van der Waals surface area contributed by atoms with Gasteiger partial charge in [-0.1, -0.05) is 18.7 Å². The second-order valence-electron chi connectivity index (χ2n) is 5.06. The molecule has 0 aliphatic carbocycles. The number of aliphatic imine (C=N–C) groups is 1. The van der Waals surface area contributed by atoms with Crippen molar-refractivity contribution >= 4 is 22.6 Å². The lowest BCUT2D eigenvalue weighted by Gasteiger charge is -2.29. The number of hydrogen-bond donors (Lipinski definition) is 1. The van der Waals surface area contributed by atoms with E-state index in [1.807, 2.05) is 18.2 Å². The number of rotatable bonds is 2. The molecule has 0 radical (unpaired) electrons. The van der Waals surface area contributed by atoms with Crippen LogP contribution in [0.25, 0.3) is 0 Å². The Labute approximate surface area is 117 Å². The summed E-state index contributed by atoms with van der Waals surface area (Å²) in [7, 11) is 0. The van der Waals surface area contributed by atoms with Crippen LogP contribution in [0.2, 0.25) is 0 Å². The van der Waals surface area contributed by atoms with Crippen molar-refractivity contribution in [3.63, 3.8) is 0 Å². The van der Waals surface area contributed by atoms with Crippen LogP contribution in [0, 0.1) is 0 Å². The van der Waals surface area contributed by atoms with Crippen molar-refractivity contribution in [2.24, 2.45) is 4.99 Å². The molecule has 0 aromatic heterocycles. The lowest BCUT2D eigenvalue weighted by molar-refractivity contribution is 0.174. The van der Waals surface area contributed by atoms with Gasteiger partial charge in [-0.15, -0.1) is 0 Å². The van der Waals surface area contributed by atoms with Crippen LogP contribution in [-0.2, 0) is 0 Å². The number of fused-ring (bicyclic) bond motifs is 1. The van der Waals surface area contributed by atoms with E-state index in [9.17, 15) is 0 Å². The normalized spacial score (nSPS) is 25.1. The lowest BCUT2D eigenvalue weighted by atomic mass is 9.97. The highest BCUT2D eigenvalue weighted by molar-refractivity contribution is 8.14. The zero-order valence-electron chi connectivity index (χ0n) is 11.2. The quantitative estimate of drug-likeness (QED) is 0.899. The van der Waals surface area contributed by atoms with E-state index in [0.717, 1.165) is 40.9 Å². The Morgan fingerprint density at radius 3 is 3.05 bits per heavy atom. The molecule has 2 aliphatic heterocycles. The van der Waals surface area contributed by atoms with Gasteiger partial charge in [0.1, 0.15) is 0 Å². The third kappa shape index (κ3) is 2.66. The Kier molecular flexibility index (Phi) is 3.31. The highest BCUT2D eigenvalue weighted by Crippen LogP contribution is 2.35. The summed E-state index contributed by atoms with van der Waals surface area (Å²) in [4.78, 5) is 4.82. The monoisotopic (exact) mass is 278 g/mol. The van der Waals surface area contributed by atoms with Crippen molar-refractivity contribution in [1.82, 2.24) is 0 Å². The first-order valence-electron chi connectivity index (χ1n) is 6.58. The van der Waals surface area contributed by atoms with Crippen molar-refractivity contribution in [2.45, 2.75) is 32.2 Å². The molecule has 0 fully saturated rings. The molecule has 2 aliphatic rings. The van der Waals surface area contributed by atoms with Gasteiger partial charge in [-0.25, -0.2) is 0 Å². The number of nitrogens with zero attached hydrogens (tertiary/aromatic N) is 1. The van der Waals surface area contributed by atoms with Gasteiger partial charge in [-0.05, 0) is 31.9 Å². The molecular formula is C14H18N2O2S. The highest BCUT2D eigenvalue weighted by Gasteiger charge is 2.26. The molecule has 1 aromatic carbocycles. The molecule has 1 N–H and O–H groups in total. The van der Waals surface area contributed by atoms with E-state index < -0.39 is 0 Å². The topological polar surface area (TPSA) is 42.8 Å². The Bertz CT molecular complexity index is 518. The third-order valence-electron chi connectivity index (χ3n) is 3.64. The second kappa shape index (κ2) is 4.96. The van der Waals surface area contributed by atoms with E-state index in [0.29, 0.717) is 6.79 Å². The fraction of sp³-hybridized carbons (Fsp3) is 0.500. The summed E-state index contributed by atoms with van der Waals surface area (Å²) in [5.41, 5.74) is 1.07. The number of ether oxygens (including phenoxy) is 2. The van der Waals surface area contributed by atoms with Gasteiger partial charge in [0, 0.05) is 17.5 Å². The molecule has 0 bridgehead atoms. The summed E-state index contributed by atoms with van der Waals surface area (Å²) >= 11 is 1.78. The van der Waals surface area contributed by atoms with Gasteiger partial charge in [0.05, 0.1) is 5.54 Å². The number of benzene rings is 1. The van der Waals surface area contributed by atoms with Crippen LogP contribution in [0.5, 0.6) is 11.5 Å². The van der Waals surface area contributed by atoms with E-state index in [2.05, 4.69) is 19.2 Å². The van der Waals surface area contributed by atoms with Crippen LogP contribution < -0.4 is 14.8 Å². The van der Waals surface area contributed by atoms with E-state index in [1.54, 1.807) is 11.8 Å². The fourth-order valence-corrected chi connectivity index (χ4v) is 3.33. The number of thioether (sulfide) groups is 1. The maximum atomic E-state index is 5.38. The molecule has 0 amide bonds. The highest BCUT2D eigenvalue weighted by atomic mass is 32.2. The van der Waals surface area contributed by atoms with Gasteiger partial charge in [-0.3, -0.25) is 4.99 Å². The predicted octanol–water partition coefficient (Wildman–Crippen LogP) is 3.49. The van der Waals surface area contributed by atoms with Crippen LogP contribution in [0.3, 0.4) is 0 Å². The minimum absolute atomic E-state index is 0.0733. The largest absolute Gasteiger partial charge is 0.454 e. The molecule has 5 heteroatoms. The van der Waals surface area contributed by atoms with Gasteiger partial charge >= 0.3 is 0 Å². The maximum Gasteiger partial charge on any atom is 0.231 e. The van der Waals surface area contributed by atoms with Gasteiger partial charge in [0.15, 0.2) is 16.7 Å². The molecule has 19 heavy (non-hydrogen) atoms. The Hall–Kier alpha value is -1.36. The van der Waals surface area contributed by atoms with Gasteiger partial charge in [0.25, 0.3) is 0 Å². The van der Waals surface area contributed by atoms with Crippen LogP contribution in [0.15, 0.2) is 23.2 Å². The van der Waals surface area contributed by atoms with Crippen LogP contribution in [0.1, 0.15) is 26.7 Å².